The lowest BCUT2D eigenvalue weighted by Gasteiger charge is -2.04. The van der Waals surface area contributed by atoms with Crippen molar-refractivity contribution in [2.45, 2.75) is 30.7 Å². The van der Waals surface area contributed by atoms with Crippen LogP contribution in [-0.4, -0.2) is 25.3 Å². The molecule has 28 heavy (non-hydrogen) atoms. The van der Waals surface area contributed by atoms with E-state index in [0.717, 1.165) is 15.6 Å². The Balaban J connectivity index is 1.42. The lowest BCUT2D eigenvalue weighted by atomic mass is 10.0. The molecule has 0 saturated heterocycles. The highest BCUT2D eigenvalue weighted by molar-refractivity contribution is 9.10. The summed E-state index contributed by atoms with van der Waals surface area (Å²) in [7, 11) is 0. The van der Waals surface area contributed by atoms with E-state index in [4.69, 9.17) is 4.52 Å². The smallest absolute Gasteiger partial charge is 0.237 e. The molecule has 0 radical (unpaired) electrons. The average molecular weight is 456 g/mol. The van der Waals surface area contributed by atoms with Crippen molar-refractivity contribution in [3.63, 3.8) is 0 Å². The number of aromatic amines is 1. The topological polar surface area (TPSA) is 80.5 Å². The summed E-state index contributed by atoms with van der Waals surface area (Å²) in [6.45, 7) is 4.34. The summed E-state index contributed by atoms with van der Waals surface area (Å²) in [4.78, 5) is 9.00. The van der Waals surface area contributed by atoms with Gasteiger partial charge < -0.3 is 4.52 Å². The van der Waals surface area contributed by atoms with E-state index in [1.807, 2.05) is 36.4 Å². The van der Waals surface area contributed by atoms with Crippen LogP contribution in [0.25, 0.3) is 22.8 Å². The van der Waals surface area contributed by atoms with Gasteiger partial charge >= 0.3 is 0 Å². The second kappa shape index (κ2) is 8.28. The van der Waals surface area contributed by atoms with Crippen molar-refractivity contribution >= 4 is 27.7 Å². The van der Waals surface area contributed by atoms with Gasteiger partial charge in [-0.15, -0.1) is 5.10 Å². The summed E-state index contributed by atoms with van der Waals surface area (Å²) >= 11 is 4.97. The van der Waals surface area contributed by atoms with Gasteiger partial charge in [0.25, 0.3) is 0 Å². The number of hydrogen-bond donors (Lipinski definition) is 1. The molecule has 2 heterocycles. The zero-order chi connectivity index (χ0) is 19.5. The number of nitrogens with one attached hydrogen (secondary N) is 1. The molecule has 0 aliphatic heterocycles. The number of hydrogen-bond acceptors (Lipinski definition) is 6. The summed E-state index contributed by atoms with van der Waals surface area (Å²) in [5.74, 6) is 2.85. The molecule has 0 fully saturated rings. The molecular formula is C20H18BrN5OS. The number of thioether (sulfide) groups is 1. The van der Waals surface area contributed by atoms with Gasteiger partial charge in [-0.1, -0.05) is 89.2 Å². The molecule has 0 saturated carbocycles. The number of aromatic nitrogens is 5. The molecule has 4 rings (SSSR count). The van der Waals surface area contributed by atoms with Gasteiger partial charge in [-0.2, -0.15) is 4.98 Å². The van der Waals surface area contributed by atoms with Gasteiger partial charge in [-0.3, -0.25) is 5.10 Å². The highest BCUT2D eigenvalue weighted by atomic mass is 79.9. The van der Waals surface area contributed by atoms with Crippen LogP contribution in [0.5, 0.6) is 0 Å². The van der Waals surface area contributed by atoms with Gasteiger partial charge in [-0.25, -0.2) is 4.98 Å². The van der Waals surface area contributed by atoms with Crippen molar-refractivity contribution in [1.29, 1.82) is 0 Å². The molecule has 0 bridgehead atoms. The van der Waals surface area contributed by atoms with E-state index in [1.165, 1.54) is 17.3 Å². The summed E-state index contributed by atoms with van der Waals surface area (Å²) in [6.07, 6.45) is 0. The first-order valence-corrected chi connectivity index (χ1v) is 10.6. The van der Waals surface area contributed by atoms with E-state index < -0.39 is 0 Å². The normalized spacial score (nSPS) is 11.3. The molecule has 6 nitrogen and oxygen atoms in total. The Morgan fingerprint density at radius 1 is 1.07 bits per heavy atom. The van der Waals surface area contributed by atoms with Gasteiger partial charge in [0.15, 0.2) is 5.82 Å². The number of H-pyrrole nitrogens is 1. The number of rotatable bonds is 6. The first kappa shape index (κ1) is 18.9. The minimum absolute atomic E-state index is 0.494. The second-order valence-corrected chi connectivity index (χ2v) is 8.32. The Morgan fingerprint density at radius 2 is 1.86 bits per heavy atom. The van der Waals surface area contributed by atoms with Gasteiger partial charge in [0.05, 0.1) is 5.75 Å². The maximum absolute atomic E-state index is 5.37. The van der Waals surface area contributed by atoms with Crippen LogP contribution in [0.1, 0.15) is 31.2 Å². The third-order valence-corrected chi connectivity index (χ3v) is 5.75. The van der Waals surface area contributed by atoms with E-state index in [9.17, 15) is 0 Å². The predicted molar refractivity (Wildman–Crippen MR) is 113 cm³/mol. The highest BCUT2D eigenvalue weighted by Gasteiger charge is 2.13. The molecule has 2 aromatic heterocycles. The molecule has 0 aliphatic rings. The Kier molecular flexibility index (Phi) is 5.59. The lowest BCUT2D eigenvalue weighted by molar-refractivity contribution is 0.391. The average Bonchev–Trinajstić information content (AvgIpc) is 3.36. The van der Waals surface area contributed by atoms with Crippen LogP contribution in [0.15, 0.2) is 62.7 Å². The van der Waals surface area contributed by atoms with Crippen molar-refractivity contribution in [3.05, 3.63) is 64.5 Å². The number of nitrogens with zero attached hydrogens (tertiary/aromatic N) is 4. The second-order valence-electron chi connectivity index (χ2n) is 6.52. The largest absolute Gasteiger partial charge is 0.338 e. The summed E-state index contributed by atoms with van der Waals surface area (Å²) in [6, 6.07) is 16.1. The summed E-state index contributed by atoms with van der Waals surface area (Å²) in [5.41, 5.74) is 3.19. The van der Waals surface area contributed by atoms with Crippen LogP contribution in [-0.2, 0) is 5.75 Å². The molecule has 0 amide bonds. The first-order chi connectivity index (χ1) is 13.6. The van der Waals surface area contributed by atoms with Crippen LogP contribution < -0.4 is 0 Å². The Labute approximate surface area is 175 Å². The lowest BCUT2D eigenvalue weighted by Crippen LogP contribution is -1.88. The fraction of sp³-hybridized carbons (Fsp3) is 0.200. The first-order valence-electron chi connectivity index (χ1n) is 8.83. The van der Waals surface area contributed by atoms with Crippen molar-refractivity contribution in [2.24, 2.45) is 0 Å². The Hall–Kier alpha value is -2.45. The highest BCUT2D eigenvalue weighted by Crippen LogP contribution is 2.27. The van der Waals surface area contributed by atoms with Crippen molar-refractivity contribution < 1.29 is 4.52 Å². The molecule has 4 aromatic rings. The Bertz CT molecular complexity index is 1070. The van der Waals surface area contributed by atoms with E-state index >= 15 is 0 Å². The monoisotopic (exact) mass is 455 g/mol. The van der Waals surface area contributed by atoms with Crippen molar-refractivity contribution in [2.75, 3.05) is 0 Å². The van der Waals surface area contributed by atoms with E-state index in [2.05, 4.69) is 67.2 Å². The number of benzene rings is 2. The van der Waals surface area contributed by atoms with Crippen LogP contribution in [0.3, 0.4) is 0 Å². The summed E-state index contributed by atoms with van der Waals surface area (Å²) in [5, 5.41) is 11.9. The van der Waals surface area contributed by atoms with E-state index in [0.29, 0.717) is 34.4 Å². The van der Waals surface area contributed by atoms with Crippen LogP contribution in [0.4, 0.5) is 0 Å². The van der Waals surface area contributed by atoms with E-state index in [-0.39, 0.29) is 0 Å². The van der Waals surface area contributed by atoms with Gasteiger partial charge in [0.1, 0.15) is 0 Å². The molecular weight excluding hydrogens is 438 g/mol. The fourth-order valence-electron chi connectivity index (χ4n) is 2.66. The maximum atomic E-state index is 5.37. The van der Waals surface area contributed by atoms with Crippen LogP contribution in [0.2, 0.25) is 0 Å². The predicted octanol–water partition coefficient (Wildman–Crippen LogP) is 5.70. The summed E-state index contributed by atoms with van der Waals surface area (Å²) < 4.78 is 6.34. The molecule has 0 atom stereocenters. The Morgan fingerprint density at radius 3 is 2.61 bits per heavy atom. The molecule has 0 unspecified atom stereocenters. The van der Waals surface area contributed by atoms with Crippen molar-refractivity contribution in [1.82, 2.24) is 25.3 Å². The van der Waals surface area contributed by atoms with Crippen LogP contribution >= 0.6 is 27.7 Å². The zero-order valence-electron chi connectivity index (χ0n) is 15.4. The number of halogens is 1. The minimum atomic E-state index is 0.494. The zero-order valence-corrected chi connectivity index (χ0v) is 17.8. The third kappa shape index (κ3) is 4.18. The van der Waals surface area contributed by atoms with Gasteiger partial charge in [0.2, 0.25) is 16.9 Å². The molecule has 142 valence electrons. The maximum Gasteiger partial charge on any atom is 0.237 e. The molecule has 0 aliphatic carbocycles. The third-order valence-electron chi connectivity index (χ3n) is 4.22. The van der Waals surface area contributed by atoms with Crippen molar-refractivity contribution in [3.8, 4) is 22.8 Å². The molecule has 1 N–H and O–H groups in total. The fourth-order valence-corrected chi connectivity index (χ4v) is 3.77. The van der Waals surface area contributed by atoms with Crippen LogP contribution in [0, 0.1) is 0 Å². The SMILES string of the molecule is CC(C)c1ccc(-c2noc(CSc3n[nH]c(-c4ccccc4Br)n3)n2)cc1. The minimum Gasteiger partial charge on any atom is -0.338 e. The molecule has 8 heteroatoms. The van der Waals surface area contributed by atoms with Gasteiger partial charge in [0, 0.05) is 15.6 Å². The van der Waals surface area contributed by atoms with E-state index in [1.54, 1.807) is 0 Å². The standard InChI is InChI=1S/C20H18BrN5OS/c1-12(2)13-7-9-14(10-8-13)18-22-17(27-26-18)11-28-20-23-19(24-25-20)15-5-3-4-6-16(15)21/h3-10,12H,11H2,1-2H3,(H,23,24,25). The van der Waals surface area contributed by atoms with Gasteiger partial charge in [-0.05, 0) is 17.5 Å². The molecule has 2 aromatic carbocycles. The quantitative estimate of drug-likeness (QED) is 0.375. The molecule has 0 spiro atoms.